The molecule has 0 N–H and O–H groups in total. The fourth-order valence-corrected chi connectivity index (χ4v) is 2.43. The van der Waals surface area contributed by atoms with Crippen molar-refractivity contribution in [3.8, 4) is 5.75 Å². The van der Waals surface area contributed by atoms with Crippen molar-refractivity contribution in [3.63, 3.8) is 0 Å². The monoisotopic (exact) mass is 330 g/mol. The van der Waals surface area contributed by atoms with Gasteiger partial charge in [0.2, 0.25) is 0 Å². The maximum Gasteiger partial charge on any atom is 0.119 e. The number of aryl methyl sites for hydroxylation is 1. The predicted octanol–water partition coefficient (Wildman–Crippen LogP) is 4.03. The zero-order valence-electron chi connectivity index (χ0n) is 11.2. The van der Waals surface area contributed by atoms with Gasteiger partial charge in [-0.2, -0.15) is 0 Å². The number of benzene rings is 1. The van der Waals surface area contributed by atoms with Gasteiger partial charge in [0.1, 0.15) is 11.6 Å². The molecule has 3 aromatic rings. The van der Waals surface area contributed by atoms with Crippen LogP contribution in [0.2, 0.25) is 0 Å². The zero-order valence-corrected chi connectivity index (χ0v) is 12.8. The Balaban J connectivity index is 1.68. The number of fused-ring (bicyclic) bond motifs is 1. The quantitative estimate of drug-likeness (QED) is 0.722. The Morgan fingerprint density at radius 2 is 1.95 bits per heavy atom. The molecule has 20 heavy (non-hydrogen) atoms. The highest BCUT2D eigenvalue weighted by molar-refractivity contribution is 9.10. The molecule has 0 aliphatic rings. The number of rotatable bonds is 4. The van der Waals surface area contributed by atoms with Crippen molar-refractivity contribution in [3.05, 3.63) is 64.7 Å². The average Bonchev–Trinajstić information content (AvgIpc) is 2.84. The lowest BCUT2D eigenvalue weighted by Crippen LogP contribution is -2.04. The van der Waals surface area contributed by atoms with Crippen molar-refractivity contribution in [2.24, 2.45) is 0 Å². The van der Waals surface area contributed by atoms with E-state index in [2.05, 4.69) is 44.4 Å². The van der Waals surface area contributed by atoms with E-state index in [1.165, 1.54) is 5.56 Å². The Morgan fingerprint density at radius 1 is 1.15 bits per heavy atom. The van der Waals surface area contributed by atoms with Gasteiger partial charge in [-0.1, -0.05) is 17.7 Å². The summed E-state index contributed by atoms with van der Waals surface area (Å²) in [7, 11) is 0. The first-order valence-electron chi connectivity index (χ1n) is 6.53. The van der Waals surface area contributed by atoms with Crippen LogP contribution in [0.4, 0.5) is 0 Å². The maximum atomic E-state index is 5.75. The number of ether oxygens (including phenoxy) is 1. The minimum atomic E-state index is 0.620. The molecule has 0 aliphatic heterocycles. The van der Waals surface area contributed by atoms with Crippen LogP contribution in [-0.4, -0.2) is 16.0 Å². The van der Waals surface area contributed by atoms with Gasteiger partial charge in [0.05, 0.1) is 18.3 Å². The summed E-state index contributed by atoms with van der Waals surface area (Å²) in [6, 6.07) is 12.2. The van der Waals surface area contributed by atoms with E-state index in [1.807, 2.05) is 36.7 Å². The van der Waals surface area contributed by atoms with E-state index in [-0.39, 0.29) is 0 Å². The minimum absolute atomic E-state index is 0.620. The number of pyridine rings is 1. The molecule has 4 heteroatoms. The second kappa shape index (κ2) is 5.67. The smallest absolute Gasteiger partial charge is 0.119 e. The first kappa shape index (κ1) is 13.2. The predicted molar refractivity (Wildman–Crippen MR) is 83.3 cm³/mol. The van der Waals surface area contributed by atoms with E-state index in [9.17, 15) is 0 Å². The fraction of sp³-hybridized carbons (Fsp3) is 0.188. The van der Waals surface area contributed by atoms with E-state index in [4.69, 9.17) is 4.74 Å². The van der Waals surface area contributed by atoms with Crippen LogP contribution in [0.1, 0.15) is 11.4 Å². The lowest BCUT2D eigenvalue weighted by molar-refractivity contribution is 0.318. The van der Waals surface area contributed by atoms with Gasteiger partial charge in [0.15, 0.2) is 0 Å². The third-order valence-corrected chi connectivity index (χ3v) is 3.65. The molecule has 0 unspecified atom stereocenters. The van der Waals surface area contributed by atoms with Gasteiger partial charge >= 0.3 is 0 Å². The summed E-state index contributed by atoms with van der Waals surface area (Å²) in [5.74, 6) is 1.91. The zero-order chi connectivity index (χ0) is 13.9. The molecule has 0 spiro atoms. The van der Waals surface area contributed by atoms with Gasteiger partial charge in [-0.05, 0) is 47.1 Å². The Morgan fingerprint density at radius 3 is 2.75 bits per heavy atom. The molecule has 2 aromatic heterocycles. The summed E-state index contributed by atoms with van der Waals surface area (Å²) in [6.07, 6.45) is 4.69. The van der Waals surface area contributed by atoms with Crippen LogP contribution in [-0.2, 0) is 6.42 Å². The highest BCUT2D eigenvalue weighted by atomic mass is 79.9. The van der Waals surface area contributed by atoms with Crippen molar-refractivity contribution in [1.82, 2.24) is 9.38 Å². The summed E-state index contributed by atoms with van der Waals surface area (Å²) < 4.78 is 8.88. The van der Waals surface area contributed by atoms with Gasteiger partial charge < -0.3 is 9.14 Å². The number of hydrogen-bond donors (Lipinski definition) is 0. The molecule has 3 nitrogen and oxygen atoms in total. The van der Waals surface area contributed by atoms with E-state index in [0.29, 0.717) is 6.61 Å². The van der Waals surface area contributed by atoms with Crippen molar-refractivity contribution in [2.45, 2.75) is 13.3 Å². The Bertz CT molecular complexity index is 719. The van der Waals surface area contributed by atoms with Gasteiger partial charge in [-0.25, -0.2) is 4.98 Å². The normalized spacial score (nSPS) is 10.9. The fourth-order valence-electron chi connectivity index (χ4n) is 2.10. The number of halogens is 1. The number of imidazole rings is 1. The maximum absolute atomic E-state index is 5.75. The van der Waals surface area contributed by atoms with Crippen LogP contribution in [0.15, 0.2) is 53.3 Å². The van der Waals surface area contributed by atoms with E-state index >= 15 is 0 Å². The van der Waals surface area contributed by atoms with Crippen LogP contribution in [0.3, 0.4) is 0 Å². The molecule has 1 aromatic carbocycles. The Hall–Kier alpha value is -1.81. The summed E-state index contributed by atoms with van der Waals surface area (Å²) in [5.41, 5.74) is 2.33. The Labute approximate surface area is 126 Å². The first-order valence-corrected chi connectivity index (χ1v) is 7.32. The molecular weight excluding hydrogens is 316 g/mol. The molecule has 0 atom stereocenters. The standard InChI is InChI=1S/C16H15BrN2O/c1-12-2-6-15(7-3-12)20-9-8-16-18-10-14-5-4-13(17)11-19(14)16/h2-7,10-11H,8-9H2,1H3. The van der Waals surface area contributed by atoms with E-state index in [0.717, 1.165) is 28.0 Å². The van der Waals surface area contributed by atoms with Gasteiger partial charge in [0, 0.05) is 17.1 Å². The second-order valence-corrected chi connectivity index (χ2v) is 5.64. The molecule has 2 heterocycles. The first-order chi connectivity index (χ1) is 9.72. The summed E-state index contributed by atoms with van der Waals surface area (Å²) >= 11 is 3.48. The molecule has 3 rings (SSSR count). The molecule has 102 valence electrons. The van der Waals surface area contributed by atoms with Crippen molar-refractivity contribution >= 4 is 21.4 Å². The lowest BCUT2D eigenvalue weighted by atomic mass is 10.2. The molecule has 0 saturated heterocycles. The second-order valence-electron chi connectivity index (χ2n) is 4.73. The van der Waals surface area contributed by atoms with Crippen molar-refractivity contribution in [1.29, 1.82) is 0 Å². The van der Waals surface area contributed by atoms with Crippen molar-refractivity contribution in [2.75, 3.05) is 6.61 Å². The topological polar surface area (TPSA) is 26.5 Å². The van der Waals surface area contributed by atoms with Crippen LogP contribution >= 0.6 is 15.9 Å². The molecule has 0 fully saturated rings. The van der Waals surface area contributed by atoms with E-state index in [1.54, 1.807) is 0 Å². The van der Waals surface area contributed by atoms with Gasteiger partial charge in [-0.15, -0.1) is 0 Å². The summed E-state index contributed by atoms with van der Waals surface area (Å²) in [6.45, 7) is 2.69. The van der Waals surface area contributed by atoms with Crippen LogP contribution in [0.5, 0.6) is 5.75 Å². The number of aromatic nitrogens is 2. The number of hydrogen-bond acceptors (Lipinski definition) is 2. The minimum Gasteiger partial charge on any atom is -0.493 e. The van der Waals surface area contributed by atoms with Crippen molar-refractivity contribution < 1.29 is 4.74 Å². The molecule has 0 saturated carbocycles. The third-order valence-electron chi connectivity index (χ3n) is 3.18. The average molecular weight is 331 g/mol. The van der Waals surface area contributed by atoms with Crippen LogP contribution in [0, 0.1) is 6.92 Å². The molecule has 0 amide bonds. The largest absolute Gasteiger partial charge is 0.493 e. The van der Waals surface area contributed by atoms with Gasteiger partial charge in [0.25, 0.3) is 0 Å². The molecular formula is C16H15BrN2O. The lowest BCUT2D eigenvalue weighted by Gasteiger charge is -2.06. The van der Waals surface area contributed by atoms with E-state index < -0.39 is 0 Å². The highest BCUT2D eigenvalue weighted by Gasteiger charge is 2.04. The molecule has 0 bridgehead atoms. The summed E-state index contributed by atoms with van der Waals surface area (Å²) in [4.78, 5) is 4.44. The van der Waals surface area contributed by atoms with Crippen LogP contribution in [0.25, 0.3) is 5.52 Å². The molecule has 0 radical (unpaired) electrons. The SMILES string of the molecule is Cc1ccc(OCCc2ncc3ccc(Br)cn23)cc1. The summed E-state index contributed by atoms with van der Waals surface area (Å²) in [5, 5.41) is 0. The Kier molecular flexibility index (Phi) is 3.74. The number of nitrogens with zero attached hydrogens (tertiary/aromatic N) is 2. The third kappa shape index (κ3) is 2.85. The van der Waals surface area contributed by atoms with Crippen LogP contribution < -0.4 is 4.74 Å². The molecule has 0 aliphatic carbocycles. The highest BCUT2D eigenvalue weighted by Crippen LogP contribution is 2.15. The van der Waals surface area contributed by atoms with Gasteiger partial charge in [-0.3, -0.25) is 0 Å².